The lowest BCUT2D eigenvalue weighted by atomic mass is 10.2. The highest BCUT2D eigenvalue weighted by atomic mass is 16.6. The van der Waals surface area contributed by atoms with Crippen LogP contribution in [0.1, 0.15) is 5.56 Å². The summed E-state index contributed by atoms with van der Waals surface area (Å²) in [7, 11) is 0. The van der Waals surface area contributed by atoms with Crippen LogP contribution in [0.25, 0.3) is 10.9 Å². The van der Waals surface area contributed by atoms with E-state index in [0.29, 0.717) is 76.8 Å². The van der Waals surface area contributed by atoms with E-state index in [4.69, 9.17) is 28.4 Å². The number of rotatable bonds is 5. The third kappa shape index (κ3) is 7.32. The quantitative estimate of drug-likeness (QED) is 0.402. The normalized spacial score (nSPS) is 15.3. The molecule has 0 radical (unpaired) electrons. The van der Waals surface area contributed by atoms with Crippen molar-refractivity contribution in [2.75, 3.05) is 58.2 Å². The van der Waals surface area contributed by atoms with Gasteiger partial charge in [-0.25, -0.2) is 9.97 Å². The van der Waals surface area contributed by atoms with E-state index in [1.165, 1.54) is 6.33 Å². The maximum Gasteiger partial charge on any atom is 0.163 e. The minimum atomic E-state index is 0.374. The van der Waals surface area contributed by atoms with Crippen LogP contribution in [0.15, 0.2) is 73.1 Å². The molecule has 0 fully saturated rings. The second-order valence-corrected chi connectivity index (χ2v) is 8.50. The Hall–Kier alpha value is -3.92. The van der Waals surface area contributed by atoms with Crippen molar-refractivity contribution in [1.29, 1.82) is 0 Å². The number of nitrogens with one attached hydrogen (secondary N) is 1. The minimum absolute atomic E-state index is 0.374. The zero-order valence-electron chi connectivity index (χ0n) is 21.1. The summed E-state index contributed by atoms with van der Waals surface area (Å²) in [6.45, 7) is 4.21. The molecule has 0 unspecified atom stereocenters. The summed E-state index contributed by atoms with van der Waals surface area (Å²) < 4.78 is 34.5. The molecule has 4 aromatic rings. The SMILES string of the molecule is c1ccc(COc2ccc(Nc3ncnc4cc5c(cc34)OCCOCCOCCOCCO5)cc2)cc1. The van der Waals surface area contributed by atoms with Gasteiger partial charge in [0.25, 0.3) is 0 Å². The third-order valence-corrected chi connectivity index (χ3v) is 5.78. The molecule has 1 aliphatic heterocycles. The van der Waals surface area contributed by atoms with Crippen LogP contribution < -0.4 is 19.5 Å². The minimum Gasteiger partial charge on any atom is -0.489 e. The van der Waals surface area contributed by atoms with Gasteiger partial charge in [-0.3, -0.25) is 0 Å². The molecule has 198 valence electrons. The number of aromatic nitrogens is 2. The van der Waals surface area contributed by atoms with Gasteiger partial charge in [-0.1, -0.05) is 30.3 Å². The fourth-order valence-electron chi connectivity index (χ4n) is 3.86. The van der Waals surface area contributed by atoms with Gasteiger partial charge >= 0.3 is 0 Å². The molecule has 9 heteroatoms. The predicted octanol–water partition coefficient (Wildman–Crippen LogP) is 4.77. The van der Waals surface area contributed by atoms with Crippen LogP contribution in [0, 0.1) is 0 Å². The Morgan fingerprint density at radius 2 is 1.32 bits per heavy atom. The molecule has 0 bridgehead atoms. The van der Waals surface area contributed by atoms with E-state index < -0.39 is 0 Å². The zero-order chi connectivity index (χ0) is 25.8. The van der Waals surface area contributed by atoms with Crippen molar-refractivity contribution in [3.05, 3.63) is 78.6 Å². The molecule has 1 aromatic heterocycles. The van der Waals surface area contributed by atoms with Crippen molar-refractivity contribution in [3.63, 3.8) is 0 Å². The first-order valence-electron chi connectivity index (χ1n) is 12.7. The fraction of sp³-hybridized carbons (Fsp3) is 0.310. The Labute approximate surface area is 221 Å². The van der Waals surface area contributed by atoms with Gasteiger partial charge in [0.05, 0.1) is 45.2 Å². The van der Waals surface area contributed by atoms with Gasteiger partial charge in [0.15, 0.2) is 11.5 Å². The van der Waals surface area contributed by atoms with Crippen molar-refractivity contribution >= 4 is 22.4 Å². The standard InChI is InChI=1S/C29H31N3O6/c1-2-4-22(5-3-1)20-38-24-8-6-23(7-9-24)32-29-25-18-27-28(19-26(25)30-21-31-29)37-17-15-35-13-11-33-10-12-34-14-16-36-27/h1-9,18-19,21H,10-17,20H2,(H,30,31,32). The van der Waals surface area contributed by atoms with Gasteiger partial charge in [-0.15, -0.1) is 0 Å². The average Bonchev–Trinajstić information content (AvgIpc) is 2.96. The molecule has 5 rings (SSSR count). The monoisotopic (exact) mass is 517 g/mol. The molecule has 2 heterocycles. The van der Waals surface area contributed by atoms with Crippen LogP contribution in [-0.2, 0) is 20.8 Å². The van der Waals surface area contributed by atoms with Crippen molar-refractivity contribution in [1.82, 2.24) is 9.97 Å². The number of hydrogen-bond acceptors (Lipinski definition) is 9. The van der Waals surface area contributed by atoms with Crippen LogP contribution in [-0.4, -0.2) is 62.8 Å². The molecule has 0 atom stereocenters. The van der Waals surface area contributed by atoms with E-state index in [-0.39, 0.29) is 0 Å². The number of hydrogen-bond donors (Lipinski definition) is 1. The molecule has 3 aromatic carbocycles. The van der Waals surface area contributed by atoms with Crippen LogP contribution in [0.5, 0.6) is 17.2 Å². The first kappa shape index (κ1) is 25.7. The molecule has 1 N–H and O–H groups in total. The molecular formula is C29H31N3O6. The molecule has 0 amide bonds. The molecule has 0 spiro atoms. The Morgan fingerprint density at radius 1 is 0.684 bits per heavy atom. The number of nitrogens with zero attached hydrogens (tertiary/aromatic N) is 2. The Kier molecular flexibility index (Phi) is 9.19. The lowest BCUT2D eigenvalue weighted by molar-refractivity contribution is 0.00708. The summed E-state index contributed by atoms with van der Waals surface area (Å²) in [5.41, 5.74) is 2.73. The molecule has 0 saturated heterocycles. The van der Waals surface area contributed by atoms with Gasteiger partial charge in [-0.2, -0.15) is 0 Å². The summed E-state index contributed by atoms with van der Waals surface area (Å²) in [5, 5.41) is 4.19. The molecule has 38 heavy (non-hydrogen) atoms. The van der Waals surface area contributed by atoms with E-state index in [0.717, 1.165) is 27.9 Å². The number of anilines is 2. The van der Waals surface area contributed by atoms with Crippen LogP contribution >= 0.6 is 0 Å². The van der Waals surface area contributed by atoms with Crippen molar-refractivity contribution in [3.8, 4) is 17.2 Å². The predicted molar refractivity (Wildman–Crippen MR) is 143 cm³/mol. The number of benzene rings is 3. The van der Waals surface area contributed by atoms with Gasteiger partial charge < -0.3 is 33.7 Å². The first-order chi connectivity index (χ1) is 18.8. The van der Waals surface area contributed by atoms with E-state index in [2.05, 4.69) is 15.3 Å². The van der Waals surface area contributed by atoms with Gasteiger partial charge in [0.1, 0.15) is 37.7 Å². The van der Waals surface area contributed by atoms with E-state index >= 15 is 0 Å². The summed E-state index contributed by atoms with van der Waals surface area (Å²) in [4.78, 5) is 8.93. The maximum atomic E-state index is 6.02. The summed E-state index contributed by atoms with van der Waals surface area (Å²) in [5.74, 6) is 2.64. The lowest BCUT2D eigenvalue weighted by Crippen LogP contribution is -2.13. The molecule has 0 aliphatic carbocycles. The number of ether oxygens (including phenoxy) is 6. The lowest BCUT2D eigenvalue weighted by Gasteiger charge is -2.15. The second kappa shape index (κ2) is 13.6. The first-order valence-corrected chi connectivity index (χ1v) is 12.7. The van der Waals surface area contributed by atoms with Crippen LogP contribution in [0.3, 0.4) is 0 Å². The zero-order valence-corrected chi connectivity index (χ0v) is 21.1. The maximum absolute atomic E-state index is 6.02. The largest absolute Gasteiger partial charge is 0.489 e. The smallest absolute Gasteiger partial charge is 0.163 e. The van der Waals surface area contributed by atoms with Crippen molar-refractivity contribution in [2.45, 2.75) is 6.61 Å². The van der Waals surface area contributed by atoms with Gasteiger partial charge in [0.2, 0.25) is 0 Å². The topological polar surface area (TPSA) is 93.2 Å². The summed E-state index contributed by atoms with van der Waals surface area (Å²) in [6, 6.07) is 21.6. The third-order valence-electron chi connectivity index (χ3n) is 5.78. The average molecular weight is 518 g/mol. The van der Waals surface area contributed by atoms with E-state index in [1.807, 2.05) is 66.7 Å². The van der Waals surface area contributed by atoms with Crippen molar-refractivity contribution in [2.24, 2.45) is 0 Å². The number of fused-ring (bicyclic) bond motifs is 2. The summed E-state index contributed by atoms with van der Waals surface area (Å²) >= 11 is 0. The van der Waals surface area contributed by atoms with Crippen molar-refractivity contribution < 1.29 is 28.4 Å². The van der Waals surface area contributed by atoms with E-state index in [9.17, 15) is 0 Å². The summed E-state index contributed by atoms with van der Waals surface area (Å²) in [6.07, 6.45) is 1.53. The highest BCUT2D eigenvalue weighted by molar-refractivity contribution is 5.93. The Balaban J connectivity index is 1.30. The fourth-order valence-corrected chi connectivity index (χ4v) is 3.86. The molecule has 9 nitrogen and oxygen atoms in total. The van der Waals surface area contributed by atoms with Crippen LogP contribution in [0.2, 0.25) is 0 Å². The molecular weight excluding hydrogens is 486 g/mol. The van der Waals surface area contributed by atoms with E-state index in [1.54, 1.807) is 0 Å². The van der Waals surface area contributed by atoms with Crippen LogP contribution in [0.4, 0.5) is 11.5 Å². The second-order valence-electron chi connectivity index (χ2n) is 8.50. The molecule has 0 saturated carbocycles. The molecule has 1 aliphatic rings. The van der Waals surface area contributed by atoms with Gasteiger partial charge in [-0.05, 0) is 35.9 Å². The Morgan fingerprint density at radius 3 is 2.00 bits per heavy atom. The highest BCUT2D eigenvalue weighted by Gasteiger charge is 2.13. The van der Waals surface area contributed by atoms with Gasteiger partial charge in [0, 0.05) is 17.1 Å². The highest BCUT2D eigenvalue weighted by Crippen LogP contribution is 2.35. The Bertz CT molecular complexity index is 1290.